The van der Waals surface area contributed by atoms with Crippen LogP contribution in [0.3, 0.4) is 0 Å². The summed E-state index contributed by atoms with van der Waals surface area (Å²) < 4.78 is 5.78. The lowest BCUT2D eigenvalue weighted by atomic mass is 10.0. The van der Waals surface area contributed by atoms with Gasteiger partial charge in [0.15, 0.2) is 5.96 Å². The van der Waals surface area contributed by atoms with Crippen molar-refractivity contribution in [2.45, 2.75) is 59.6 Å². The van der Waals surface area contributed by atoms with Gasteiger partial charge in [-0.1, -0.05) is 13.8 Å². The standard InChI is InChI=1S/C17H38N4O/c1-9-18-16(20-13-17(5,6)21(7)8)19-12-11-15(14(3)4)22-10-2/h14-15H,9-13H2,1-8H3,(H2,18,19,20). The Morgan fingerprint density at radius 2 is 1.82 bits per heavy atom. The lowest BCUT2D eigenvalue weighted by molar-refractivity contribution is 0.0258. The van der Waals surface area contributed by atoms with Crippen LogP contribution in [0.4, 0.5) is 0 Å². The minimum atomic E-state index is 0.0497. The smallest absolute Gasteiger partial charge is 0.191 e. The Kier molecular flexibility index (Phi) is 10.4. The summed E-state index contributed by atoms with van der Waals surface area (Å²) in [6, 6.07) is 0. The molecule has 22 heavy (non-hydrogen) atoms. The summed E-state index contributed by atoms with van der Waals surface area (Å²) in [7, 11) is 4.18. The SMILES string of the molecule is CCNC(=NCC(C)(C)N(C)C)NCCC(OCC)C(C)C. The molecule has 0 aromatic carbocycles. The fourth-order valence-corrected chi connectivity index (χ4v) is 1.91. The Labute approximate surface area is 137 Å². The van der Waals surface area contributed by atoms with Gasteiger partial charge in [0, 0.05) is 25.2 Å². The highest BCUT2D eigenvalue weighted by Crippen LogP contribution is 2.11. The van der Waals surface area contributed by atoms with Crippen molar-refractivity contribution in [2.75, 3.05) is 40.3 Å². The number of likely N-dealkylation sites (N-methyl/N-ethyl adjacent to an activating group) is 1. The van der Waals surface area contributed by atoms with E-state index in [-0.39, 0.29) is 5.54 Å². The van der Waals surface area contributed by atoms with Crippen molar-refractivity contribution in [3.63, 3.8) is 0 Å². The van der Waals surface area contributed by atoms with E-state index in [4.69, 9.17) is 9.73 Å². The molecule has 0 heterocycles. The molecule has 0 saturated carbocycles. The minimum absolute atomic E-state index is 0.0497. The molecule has 132 valence electrons. The second-order valence-corrected chi connectivity index (χ2v) is 6.86. The third-order valence-electron chi connectivity index (χ3n) is 4.02. The monoisotopic (exact) mass is 314 g/mol. The van der Waals surface area contributed by atoms with E-state index in [1.165, 1.54) is 0 Å². The number of guanidine groups is 1. The van der Waals surface area contributed by atoms with Crippen LogP contribution in [0.2, 0.25) is 0 Å². The molecular weight excluding hydrogens is 276 g/mol. The maximum absolute atomic E-state index is 5.78. The van der Waals surface area contributed by atoms with Crippen LogP contribution in [0.1, 0.15) is 48.0 Å². The molecule has 1 unspecified atom stereocenters. The first-order valence-electron chi connectivity index (χ1n) is 8.55. The summed E-state index contributed by atoms with van der Waals surface area (Å²) in [5, 5.41) is 6.72. The van der Waals surface area contributed by atoms with Gasteiger partial charge in [-0.05, 0) is 54.1 Å². The number of nitrogens with zero attached hydrogens (tertiary/aromatic N) is 2. The molecule has 0 aromatic rings. The van der Waals surface area contributed by atoms with Crippen LogP contribution in [-0.4, -0.2) is 62.8 Å². The van der Waals surface area contributed by atoms with Gasteiger partial charge in [0.1, 0.15) is 0 Å². The Balaban J connectivity index is 4.46. The summed E-state index contributed by atoms with van der Waals surface area (Å²) >= 11 is 0. The van der Waals surface area contributed by atoms with Crippen LogP contribution >= 0.6 is 0 Å². The molecule has 0 fully saturated rings. The molecular formula is C17H38N4O. The Morgan fingerprint density at radius 1 is 1.18 bits per heavy atom. The quantitative estimate of drug-likeness (QED) is 0.480. The molecule has 0 spiro atoms. The van der Waals surface area contributed by atoms with Crippen molar-refractivity contribution in [3.8, 4) is 0 Å². The van der Waals surface area contributed by atoms with Gasteiger partial charge in [-0.15, -0.1) is 0 Å². The second-order valence-electron chi connectivity index (χ2n) is 6.86. The van der Waals surface area contributed by atoms with Crippen LogP contribution in [0.5, 0.6) is 0 Å². The van der Waals surface area contributed by atoms with Crippen LogP contribution < -0.4 is 10.6 Å². The highest BCUT2D eigenvalue weighted by molar-refractivity contribution is 5.79. The number of rotatable bonds is 10. The molecule has 0 saturated heterocycles. The first-order valence-corrected chi connectivity index (χ1v) is 8.55. The van der Waals surface area contributed by atoms with Crippen molar-refractivity contribution in [1.82, 2.24) is 15.5 Å². The van der Waals surface area contributed by atoms with E-state index in [0.717, 1.165) is 38.6 Å². The molecule has 0 rings (SSSR count). The highest BCUT2D eigenvalue weighted by atomic mass is 16.5. The molecule has 0 radical (unpaired) electrons. The zero-order chi connectivity index (χ0) is 17.2. The van der Waals surface area contributed by atoms with E-state index in [1.807, 2.05) is 0 Å². The number of hydrogen-bond donors (Lipinski definition) is 2. The van der Waals surface area contributed by atoms with Gasteiger partial charge >= 0.3 is 0 Å². The van der Waals surface area contributed by atoms with Crippen molar-refractivity contribution in [2.24, 2.45) is 10.9 Å². The van der Waals surface area contributed by atoms with E-state index in [9.17, 15) is 0 Å². The lowest BCUT2D eigenvalue weighted by Crippen LogP contribution is -2.44. The minimum Gasteiger partial charge on any atom is -0.378 e. The van der Waals surface area contributed by atoms with Crippen molar-refractivity contribution in [3.05, 3.63) is 0 Å². The Bertz CT molecular complexity index is 314. The van der Waals surface area contributed by atoms with Gasteiger partial charge in [-0.25, -0.2) is 0 Å². The van der Waals surface area contributed by atoms with Crippen LogP contribution in [0.15, 0.2) is 4.99 Å². The average molecular weight is 315 g/mol. The van der Waals surface area contributed by atoms with E-state index < -0.39 is 0 Å². The largest absolute Gasteiger partial charge is 0.378 e. The third-order valence-corrected chi connectivity index (χ3v) is 4.02. The maximum atomic E-state index is 5.78. The van der Waals surface area contributed by atoms with Gasteiger partial charge in [-0.3, -0.25) is 4.99 Å². The fraction of sp³-hybridized carbons (Fsp3) is 0.941. The zero-order valence-electron chi connectivity index (χ0n) is 16.0. The molecule has 5 nitrogen and oxygen atoms in total. The summed E-state index contributed by atoms with van der Waals surface area (Å²) in [5.74, 6) is 1.42. The topological polar surface area (TPSA) is 48.9 Å². The molecule has 0 aliphatic carbocycles. The third kappa shape index (κ3) is 8.59. The van der Waals surface area contributed by atoms with Crippen molar-refractivity contribution in [1.29, 1.82) is 0 Å². The van der Waals surface area contributed by atoms with Gasteiger partial charge in [-0.2, -0.15) is 0 Å². The highest BCUT2D eigenvalue weighted by Gasteiger charge is 2.20. The second kappa shape index (κ2) is 10.8. The normalized spacial score (nSPS) is 14.5. The lowest BCUT2D eigenvalue weighted by Gasteiger charge is -2.31. The zero-order valence-corrected chi connectivity index (χ0v) is 16.0. The number of hydrogen-bond acceptors (Lipinski definition) is 3. The molecule has 0 aromatic heterocycles. The average Bonchev–Trinajstić information content (AvgIpc) is 2.43. The molecule has 1 atom stereocenters. The van der Waals surface area contributed by atoms with E-state index in [0.29, 0.717) is 12.0 Å². The van der Waals surface area contributed by atoms with Crippen molar-refractivity contribution < 1.29 is 4.74 Å². The summed E-state index contributed by atoms with van der Waals surface area (Å²) in [4.78, 5) is 6.90. The summed E-state index contributed by atoms with van der Waals surface area (Å²) in [5.41, 5.74) is 0.0497. The summed E-state index contributed by atoms with van der Waals surface area (Å²) in [6.07, 6.45) is 1.30. The molecule has 0 amide bonds. The maximum Gasteiger partial charge on any atom is 0.191 e. The van der Waals surface area contributed by atoms with Crippen LogP contribution in [0, 0.1) is 5.92 Å². The number of ether oxygens (including phenoxy) is 1. The number of aliphatic imine (C=N–C) groups is 1. The Morgan fingerprint density at radius 3 is 2.27 bits per heavy atom. The van der Waals surface area contributed by atoms with Gasteiger partial charge in [0.25, 0.3) is 0 Å². The van der Waals surface area contributed by atoms with Gasteiger partial charge < -0.3 is 20.3 Å². The first-order chi connectivity index (χ1) is 10.2. The molecule has 2 N–H and O–H groups in total. The predicted octanol–water partition coefficient (Wildman–Crippen LogP) is 2.33. The fourth-order valence-electron chi connectivity index (χ4n) is 1.91. The van der Waals surface area contributed by atoms with Crippen LogP contribution in [0.25, 0.3) is 0 Å². The molecule has 5 heteroatoms. The number of nitrogens with one attached hydrogen (secondary N) is 2. The van der Waals surface area contributed by atoms with E-state index in [2.05, 4.69) is 71.2 Å². The predicted molar refractivity (Wildman–Crippen MR) is 96.6 cm³/mol. The molecule has 0 aliphatic rings. The van der Waals surface area contributed by atoms with E-state index in [1.54, 1.807) is 0 Å². The summed E-state index contributed by atoms with van der Waals surface area (Å²) in [6.45, 7) is 16.2. The van der Waals surface area contributed by atoms with E-state index >= 15 is 0 Å². The van der Waals surface area contributed by atoms with Gasteiger partial charge in [0.2, 0.25) is 0 Å². The van der Waals surface area contributed by atoms with Gasteiger partial charge in [0.05, 0.1) is 12.6 Å². The van der Waals surface area contributed by atoms with Crippen LogP contribution in [-0.2, 0) is 4.74 Å². The molecule has 0 aliphatic heterocycles. The Hall–Kier alpha value is -0.810. The molecule has 0 bridgehead atoms. The first kappa shape index (κ1) is 21.2. The van der Waals surface area contributed by atoms with Crippen molar-refractivity contribution >= 4 is 5.96 Å².